The molecular formula is C9H10F3N3O3. The van der Waals surface area contributed by atoms with E-state index >= 15 is 0 Å². The van der Waals surface area contributed by atoms with E-state index < -0.39 is 24.1 Å². The number of anilines is 1. The Morgan fingerprint density at radius 3 is 2.67 bits per heavy atom. The predicted molar refractivity (Wildman–Crippen MR) is 56.6 cm³/mol. The third-order valence-electron chi connectivity index (χ3n) is 1.89. The number of hydrogen-bond donors (Lipinski definition) is 1. The van der Waals surface area contributed by atoms with Crippen molar-refractivity contribution >= 4 is 11.5 Å². The van der Waals surface area contributed by atoms with Gasteiger partial charge in [0.15, 0.2) is 0 Å². The van der Waals surface area contributed by atoms with Crippen LogP contribution in [0.2, 0.25) is 0 Å². The second kappa shape index (κ2) is 5.52. The molecule has 0 amide bonds. The highest BCUT2D eigenvalue weighted by atomic mass is 19.4. The first-order valence-electron chi connectivity index (χ1n) is 4.85. The SMILES string of the molecule is CNc1cc([N+](=O)[O-])cc(OCCC(F)(F)F)n1. The van der Waals surface area contributed by atoms with Crippen molar-refractivity contribution in [3.8, 4) is 5.88 Å². The van der Waals surface area contributed by atoms with Gasteiger partial charge in [-0.05, 0) is 0 Å². The quantitative estimate of drug-likeness (QED) is 0.653. The van der Waals surface area contributed by atoms with E-state index in [-0.39, 0.29) is 17.4 Å². The zero-order valence-electron chi connectivity index (χ0n) is 9.32. The molecule has 0 bridgehead atoms. The Bertz CT molecular complexity index is 437. The molecule has 0 saturated carbocycles. The van der Waals surface area contributed by atoms with Crippen molar-refractivity contribution in [2.75, 3.05) is 19.0 Å². The van der Waals surface area contributed by atoms with Crippen LogP contribution in [0.15, 0.2) is 12.1 Å². The number of halogens is 3. The molecule has 0 fully saturated rings. The molecule has 1 aromatic rings. The molecule has 1 N–H and O–H groups in total. The standard InChI is InChI=1S/C9H10F3N3O3/c1-13-7-4-6(15(16)17)5-8(14-7)18-3-2-9(10,11)12/h4-5H,2-3H2,1H3,(H,13,14). The van der Waals surface area contributed by atoms with Crippen LogP contribution in [0, 0.1) is 10.1 Å². The Morgan fingerprint density at radius 1 is 1.50 bits per heavy atom. The molecule has 1 aromatic heterocycles. The van der Waals surface area contributed by atoms with Gasteiger partial charge in [0.1, 0.15) is 5.82 Å². The summed E-state index contributed by atoms with van der Waals surface area (Å²) in [5.41, 5.74) is -0.309. The molecule has 0 unspecified atom stereocenters. The molecule has 9 heteroatoms. The summed E-state index contributed by atoms with van der Waals surface area (Å²) in [4.78, 5) is 13.6. The molecule has 1 heterocycles. The molecule has 0 radical (unpaired) electrons. The first-order chi connectivity index (χ1) is 8.31. The fraction of sp³-hybridized carbons (Fsp3) is 0.444. The molecule has 100 valence electrons. The summed E-state index contributed by atoms with van der Waals surface area (Å²) in [5.74, 6) is -0.0796. The van der Waals surface area contributed by atoms with E-state index in [4.69, 9.17) is 4.74 Å². The van der Waals surface area contributed by atoms with Crippen LogP contribution in [0.25, 0.3) is 0 Å². The van der Waals surface area contributed by atoms with Gasteiger partial charge in [0, 0.05) is 7.05 Å². The summed E-state index contributed by atoms with van der Waals surface area (Å²) >= 11 is 0. The van der Waals surface area contributed by atoms with E-state index in [1.807, 2.05) is 0 Å². The Kier molecular flexibility index (Phi) is 4.29. The number of nitrogens with zero attached hydrogens (tertiary/aromatic N) is 2. The second-order valence-electron chi connectivity index (χ2n) is 3.27. The third kappa shape index (κ3) is 4.44. The van der Waals surface area contributed by atoms with Crippen molar-refractivity contribution < 1.29 is 22.8 Å². The minimum Gasteiger partial charge on any atom is -0.477 e. The van der Waals surface area contributed by atoms with E-state index in [0.29, 0.717) is 0 Å². The lowest BCUT2D eigenvalue weighted by Gasteiger charge is -2.08. The number of alkyl halides is 3. The van der Waals surface area contributed by atoms with Gasteiger partial charge in [-0.25, -0.2) is 0 Å². The van der Waals surface area contributed by atoms with Crippen molar-refractivity contribution in [2.45, 2.75) is 12.6 Å². The summed E-state index contributed by atoms with van der Waals surface area (Å²) < 4.78 is 40.4. The van der Waals surface area contributed by atoms with Crippen LogP contribution in [0.3, 0.4) is 0 Å². The average Bonchev–Trinajstić information content (AvgIpc) is 2.26. The van der Waals surface area contributed by atoms with Crippen LogP contribution in [0.1, 0.15) is 6.42 Å². The largest absolute Gasteiger partial charge is 0.477 e. The minimum atomic E-state index is -4.34. The maximum atomic E-state index is 11.9. The van der Waals surface area contributed by atoms with E-state index in [0.717, 1.165) is 12.1 Å². The molecule has 6 nitrogen and oxygen atoms in total. The van der Waals surface area contributed by atoms with Crippen LogP contribution in [0.4, 0.5) is 24.7 Å². The first-order valence-corrected chi connectivity index (χ1v) is 4.85. The number of nitro groups is 1. The van der Waals surface area contributed by atoms with Gasteiger partial charge in [-0.1, -0.05) is 0 Å². The van der Waals surface area contributed by atoms with Gasteiger partial charge in [-0.3, -0.25) is 10.1 Å². The van der Waals surface area contributed by atoms with Crippen molar-refractivity contribution in [2.24, 2.45) is 0 Å². The zero-order valence-corrected chi connectivity index (χ0v) is 9.32. The molecular weight excluding hydrogens is 255 g/mol. The average molecular weight is 265 g/mol. The van der Waals surface area contributed by atoms with Crippen LogP contribution in [-0.4, -0.2) is 29.7 Å². The third-order valence-corrected chi connectivity index (χ3v) is 1.89. The van der Waals surface area contributed by atoms with E-state index in [2.05, 4.69) is 10.3 Å². The molecule has 1 rings (SSSR count). The molecule has 0 saturated heterocycles. The van der Waals surface area contributed by atoms with E-state index in [9.17, 15) is 23.3 Å². The van der Waals surface area contributed by atoms with E-state index in [1.54, 1.807) is 0 Å². The minimum absolute atomic E-state index is 0.145. The van der Waals surface area contributed by atoms with Gasteiger partial charge in [-0.15, -0.1) is 0 Å². The normalized spacial score (nSPS) is 11.1. The van der Waals surface area contributed by atoms with Gasteiger partial charge >= 0.3 is 6.18 Å². The number of pyridine rings is 1. The maximum Gasteiger partial charge on any atom is 0.392 e. The van der Waals surface area contributed by atoms with E-state index in [1.165, 1.54) is 7.05 Å². The van der Waals surface area contributed by atoms with Crippen LogP contribution in [-0.2, 0) is 0 Å². The first kappa shape index (κ1) is 14.0. The van der Waals surface area contributed by atoms with Crippen LogP contribution < -0.4 is 10.1 Å². The Morgan fingerprint density at radius 2 is 2.17 bits per heavy atom. The predicted octanol–water partition coefficient (Wildman–Crippen LogP) is 2.36. The van der Waals surface area contributed by atoms with Crippen molar-refractivity contribution in [1.82, 2.24) is 4.98 Å². The van der Waals surface area contributed by atoms with Gasteiger partial charge in [0.25, 0.3) is 5.69 Å². The molecule has 18 heavy (non-hydrogen) atoms. The molecule has 0 aliphatic rings. The van der Waals surface area contributed by atoms with Crippen LogP contribution >= 0.6 is 0 Å². The molecule has 0 aromatic carbocycles. The summed E-state index contributed by atoms with van der Waals surface area (Å²) in [7, 11) is 1.48. The Hall–Kier alpha value is -2.06. The lowest BCUT2D eigenvalue weighted by atomic mass is 10.4. The fourth-order valence-electron chi connectivity index (χ4n) is 1.07. The molecule has 0 aliphatic carbocycles. The summed E-state index contributed by atoms with van der Waals surface area (Å²) in [6.07, 6.45) is -5.49. The lowest BCUT2D eigenvalue weighted by Crippen LogP contribution is -2.13. The van der Waals surface area contributed by atoms with Gasteiger partial charge in [0.05, 0.1) is 30.1 Å². The topological polar surface area (TPSA) is 77.3 Å². The summed E-state index contributed by atoms with van der Waals surface area (Å²) in [6.45, 7) is -0.638. The highest BCUT2D eigenvalue weighted by molar-refractivity contribution is 5.47. The zero-order chi connectivity index (χ0) is 13.8. The number of rotatable bonds is 5. The molecule has 0 spiro atoms. The summed E-state index contributed by atoms with van der Waals surface area (Å²) in [5, 5.41) is 13.1. The van der Waals surface area contributed by atoms with Crippen molar-refractivity contribution in [1.29, 1.82) is 0 Å². The van der Waals surface area contributed by atoms with Gasteiger partial charge in [-0.2, -0.15) is 18.2 Å². The summed E-state index contributed by atoms with van der Waals surface area (Å²) in [6, 6.07) is 2.12. The number of ether oxygens (including phenoxy) is 1. The fourth-order valence-corrected chi connectivity index (χ4v) is 1.07. The number of aromatic nitrogens is 1. The maximum absolute atomic E-state index is 11.9. The smallest absolute Gasteiger partial charge is 0.392 e. The van der Waals surface area contributed by atoms with Crippen molar-refractivity contribution in [3.05, 3.63) is 22.2 Å². The highest BCUT2D eigenvalue weighted by Crippen LogP contribution is 2.23. The highest BCUT2D eigenvalue weighted by Gasteiger charge is 2.27. The monoisotopic (exact) mass is 265 g/mol. The number of nitrogens with one attached hydrogen (secondary N) is 1. The van der Waals surface area contributed by atoms with Gasteiger partial charge < -0.3 is 10.1 Å². The second-order valence-corrected chi connectivity index (χ2v) is 3.27. The lowest BCUT2D eigenvalue weighted by molar-refractivity contribution is -0.384. The Labute approximate surface area is 99.9 Å². The van der Waals surface area contributed by atoms with Crippen molar-refractivity contribution in [3.63, 3.8) is 0 Å². The number of hydrogen-bond acceptors (Lipinski definition) is 5. The van der Waals surface area contributed by atoms with Crippen LogP contribution in [0.5, 0.6) is 5.88 Å². The molecule has 0 atom stereocenters. The molecule has 0 aliphatic heterocycles. The Balaban J connectivity index is 2.76. The van der Waals surface area contributed by atoms with Gasteiger partial charge in [0.2, 0.25) is 5.88 Å².